The lowest BCUT2D eigenvalue weighted by Gasteiger charge is -2.14. The average molecular weight is 769 g/mol. The van der Waals surface area contributed by atoms with Crippen molar-refractivity contribution in [2.45, 2.75) is 0 Å². The second-order valence-corrected chi connectivity index (χ2v) is 14.6. The lowest BCUT2D eigenvalue weighted by Crippen LogP contribution is -1.90. The van der Waals surface area contributed by atoms with Gasteiger partial charge in [0, 0.05) is 89.2 Å². The van der Waals surface area contributed by atoms with Gasteiger partial charge in [0.1, 0.15) is 0 Å². The van der Waals surface area contributed by atoms with Gasteiger partial charge < -0.3 is 0 Å². The standard InChI is InChI=1S/C54H36N6/c1-4-19-58-52(16-1)49-28-46(31-55-34-49)40-13-7-10-37(22-40)43-25-44(38-11-8-14-41(23-38)47-29-50(35-56-32-47)53-17-2-5-20-59-53)27-45(26-43)39-12-9-15-42(24-39)48-30-51(36-57-33-48)54-18-3-6-21-60-54/h1-36H. The second-order valence-electron chi connectivity index (χ2n) is 14.6. The predicted molar refractivity (Wildman–Crippen MR) is 242 cm³/mol. The van der Waals surface area contributed by atoms with Crippen LogP contribution in [0.4, 0.5) is 0 Å². The molecule has 0 spiro atoms. The van der Waals surface area contributed by atoms with Crippen LogP contribution in [0.15, 0.2) is 220 Å². The molecule has 6 nitrogen and oxygen atoms in total. The maximum absolute atomic E-state index is 4.60. The Morgan fingerprint density at radius 2 is 0.450 bits per heavy atom. The maximum atomic E-state index is 4.60. The number of hydrogen-bond donors (Lipinski definition) is 0. The van der Waals surface area contributed by atoms with Gasteiger partial charge in [-0.3, -0.25) is 29.9 Å². The molecule has 0 radical (unpaired) electrons. The molecule has 0 N–H and O–H groups in total. The van der Waals surface area contributed by atoms with Crippen molar-refractivity contribution in [3.8, 4) is 101 Å². The highest BCUT2D eigenvalue weighted by atomic mass is 14.7. The van der Waals surface area contributed by atoms with Gasteiger partial charge in [-0.05, 0) is 141 Å². The SMILES string of the molecule is c1ccc(-c2cncc(-c3cccc(-c4cc(-c5cccc(-c6cncc(-c7ccccn7)c6)c5)cc(-c5cccc(-c6cncc(-c7ccccn7)c6)c5)c4)c3)c2)nc1. The van der Waals surface area contributed by atoms with Gasteiger partial charge in [-0.25, -0.2) is 0 Å². The van der Waals surface area contributed by atoms with Crippen molar-refractivity contribution in [3.05, 3.63) is 220 Å². The summed E-state index contributed by atoms with van der Waals surface area (Å²) in [7, 11) is 0. The average Bonchev–Trinajstić information content (AvgIpc) is 3.35. The van der Waals surface area contributed by atoms with Crippen LogP contribution in [0.1, 0.15) is 0 Å². The van der Waals surface area contributed by atoms with E-state index in [1.54, 1.807) is 0 Å². The van der Waals surface area contributed by atoms with Crippen LogP contribution in [0.5, 0.6) is 0 Å². The lowest BCUT2D eigenvalue weighted by atomic mass is 9.90. The minimum atomic E-state index is 0.892. The summed E-state index contributed by atoms with van der Waals surface area (Å²) < 4.78 is 0. The van der Waals surface area contributed by atoms with E-state index in [4.69, 9.17) is 0 Å². The molecule has 6 aromatic heterocycles. The van der Waals surface area contributed by atoms with Crippen LogP contribution in [0.25, 0.3) is 101 Å². The second kappa shape index (κ2) is 16.3. The van der Waals surface area contributed by atoms with E-state index in [-0.39, 0.29) is 0 Å². The summed E-state index contributed by atoms with van der Waals surface area (Å²) in [5.41, 5.74) is 18.5. The van der Waals surface area contributed by atoms with E-state index in [1.165, 1.54) is 0 Å². The molecule has 6 heteroatoms. The lowest BCUT2D eigenvalue weighted by molar-refractivity contribution is 1.28. The number of pyridine rings is 6. The van der Waals surface area contributed by atoms with Crippen molar-refractivity contribution < 1.29 is 0 Å². The summed E-state index contributed by atoms with van der Waals surface area (Å²) in [5, 5.41) is 0. The third-order valence-electron chi connectivity index (χ3n) is 10.6. The first kappa shape index (κ1) is 36.1. The fraction of sp³-hybridized carbons (Fsp3) is 0. The molecule has 4 aromatic carbocycles. The Kier molecular flexibility index (Phi) is 9.84. The normalized spacial score (nSPS) is 11.0. The number of aromatic nitrogens is 6. The number of rotatable bonds is 9. The molecular formula is C54H36N6. The van der Waals surface area contributed by atoms with Crippen molar-refractivity contribution in [2.75, 3.05) is 0 Å². The molecule has 10 rings (SSSR count). The molecule has 6 heterocycles. The molecule has 0 aliphatic carbocycles. The van der Waals surface area contributed by atoms with Gasteiger partial charge in [-0.1, -0.05) is 72.8 Å². The summed E-state index contributed by atoms with van der Waals surface area (Å²) in [6.07, 6.45) is 16.8. The Hall–Kier alpha value is -8.22. The zero-order valence-corrected chi connectivity index (χ0v) is 32.5. The van der Waals surface area contributed by atoms with Crippen molar-refractivity contribution in [2.24, 2.45) is 0 Å². The summed E-state index contributed by atoms with van der Waals surface area (Å²) >= 11 is 0. The molecule has 0 saturated heterocycles. The van der Waals surface area contributed by atoms with Crippen molar-refractivity contribution in [1.29, 1.82) is 0 Å². The quantitative estimate of drug-likeness (QED) is 0.145. The van der Waals surface area contributed by atoms with E-state index in [0.29, 0.717) is 0 Å². The van der Waals surface area contributed by atoms with Gasteiger partial charge in [-0.15, -0.1) is 0 Å². The molecule has 0 aliphatic heterocycles. The Labute approximate surface area is 348 Å². The molecule has 0 unspecified atom stereocenters. The Morgan fingerprint density at radius 1 is 0.200 bits per heavy atom. The van der Waals surface area contributed by atoms with E-state index in [9.17, 15) is 0 Å². The van der Waals surface area contributed by atoms with Crippen LogP contribution in [-0.2, 0) is 0 Å². The Balaban J connectivity index is 1.07. The summed E-state index contributed by atoms with van der Waals surface area (Å²) in [4.78, 5) is 27.5. The van der Waals surface area contributed by atoms with Gasteiger partial charge in [-0.2, -0.15) is 0 Å². The fourth-order valence-electron chi connectivity index (χ4n) is 7.58. The van der Waals surface area contributed by atoms with Gasteiger partial charge in [0.2, 0.25) is 0 Å². The first-order valence-corrected chi connectivity index (χ1v) is 19.8. The van der Waals surface area contributed by atoms with Gasteiger partial charge in [0.05, 0.1) is 17.1 Å². The zero-order chi connectivity index (χ0) is 40.1. The summed E-state index contributed by atoms with van der Waals surface area (Å²) in [6, 6.07) is 57.2. The van der Waals surface area contributed by atoms with E-state index >= 15 is 0 Å². The zero-order valence-electron chi connectivity index (χ0n) is 32.5. The summed E-state index contributed by atoms with van der Waals surface area (Å²) in [6.45, 7) is 0. The molecule has 0 fully saturated rings. The number of benzene rings is 4. The maximum Gasteiger partial charge on any atom is 0.0717 e. The monoisotopic (exact) mass is 768 g/mol. The highest BCUT2D eigenvalue weighted by Gasteiger charge is 2.13. The third kappa shape index (κ3) is 7.73. The Morgan fingerprint density at radius 3 is 0.733 bits per heavy atom. The smallest absolute Gasteiger partial charge is 0.0717 e. The molecule has 0 bridgehead atoms. The Bertz CT molecular complexity index is 2750. The van der Waals surface area contributed by atoms with Crippen LogP contribution in [0.3, 0.4) is 0 Å². The summed E-state index contributed by atoms with van der Waals surface area (Å²) in [5.74, 6) is 0. The molecule has 0 aliphatic rings. The fourth-order valence-corrected chi connectivity index (χ4v) is 7.58. The van der Waals surface area contributed by atoms with Crippen LogP contribution < -0.4 is 0 Å². The number of nitrogens with zero attached hydrogens (tertiary/aromatic N) is 6. The van der Waals surface area contributed by atoms with Crippen molar-refractivity contribution in [1.82, 2.24) is 29.9 Å². The van der Waals surface area contributed by atoms with Gasteiger partial charge >= 0.3 is 0 Å². The molecule has 0 amide bonds. The van der Waals surface area contributed by atoms with Crippen molar-refractivity contribution >= 4 is 0 Å². The highest BCUT2D eigenvalue weighted by Crippen LogP contribution is 2.38. The molecular weight excluding hydrogens is 733 g/mol. The number of hydrogen-bond acceptors (Lipinski definition) is 6. The molecule has 10 aromatic rings. The van der Waals surface area contributed by atoms with Crippen molar-refractivity contribution in [3.63, 3.8) is 0 Å². The molecule has 60 heavy (non-hydrogen) atoms. The van der Waals surface area contributed by atoms with Crippen LogP contribution >= 0.6 is 0 Å². The van der Waals surface area contributed by atoms with E-state index in [0.717, 1.165) is 101 Å². The molecule has 282 valence electrons. The largest absolute Gasteiger partial charge is 0.263 e. The minimum absolute atomic E-state index is 0.892. The third-order valence-corrected chi connectivity index (χ3v) is 10.6. The predicted octanol–water partition coefficient (Wildman–Crippen LogP) is 13.1. The first-order chi connectivity index (χ1) is 29.7. The van der Waals surface area contributed by atoms with Crippen LogP contribution in [0.2, 0.25) is 0 Å². The minimum Gasteiger partial charge on any atom is -0.263 e. The highest BCUT2D eigenvalue weighted by molar-refractivity contribution is 5.86. The van der Waals surface area contributed by atoms with Crippen LogP contribution in [0, 0.1) is 0 Å². The first-order valence-electron chi connectivity index (χ1n) is 19.8. The topological polar surface area (TPSA) is 77.3 Å². The van der Waals surface area contributed by atoms with Gasteiger partial charge in [0.25, 0.3) is 0 Å². The molecule has 0 atom stereocenters. The van der Waals surface area contributed by atoms with E-state index in [1.807, 2.05) is 110 Å². The van der Waals surface area contributed by atoms with E-state index < -0.39 is 0 Å². The van der Waals surface area contributed by atoms with Gasteiger partial charge in [0.15, 0.2) is 0 Å². The van der Waals surface area contributed by atoms with Crippen LogP contribution in [-0.4, -0.2) is 29.9 Å². The molecule has 0 saturated carbocycles. The van der Waals surface area contributed by atoms with E-state index in [2.05, 4.69) is 139 Å².